The number of hydrogen-bond acceptors (Lipinski definition) is 2. The van der Waals surface area contributed by atoms with Crippen molar-refractivity contribution in [3.05, 3.63) is 71.5 Å². The first-order valence-electron chi connectivity index (χ1n) is 6.29. The maximum Gasteiger partial charge on any atom is 0.302 e. The Morgan fingerprint density at radius 2 is 1.67 bits per heavy atom. The lowest BCUT2D eigenvalue weighted by molar-refractivity contribution is -0.127. The molecule has 0 unspecified atom stereocenters. The van der Waals surface area contributed by atoms with E-state index in [9.17, 15) is 14.0 Å². The van der Waals surface area contributed by atoms with Crippen molar-refractivity contribution in [3.8, 4) is 11.8 Å². The molecule has 4 heteroatoms. The maximum atomic E-state index is 12.7. The summed E-state index contributed by atoms with van der Waals surface area (Å²) in [7, 11) is 0. The average Bonchev–Trinajstić information content (AvgIpc) is 2.48. The summed E-state index contributed by atoms with van der Waals surface area (Å²) in [5, 5.41) is 2.17. The Labute approximate surface area is 121 Å². The average molecular weight is 281 g/mol. The van der Waals surface area contributed by atoms with E-state index in [1.165, 1.54) is 24.3 Å². The Morgan fingerprint density at radius 1 is 1.00 bits per heavy atom. The molecule has 0 radical (unpaired) electrons. The van der Waals surface area contributed by atoms with Gasteiger partial charge in [0.15, 0.2) is 0 Å². The lowest BCUT2D eigenvalue weighted by atomic mass is 10.1. The van der Waals surface area contributed by atoms with Gasteiger partial charge in [0.1, 0.15) is 5.82 Å². The number of hydrogen-bond donors (Lipinski definition) is 1. The van der Waals surface area contributed by atoms with Gasteiger partial charge in [0, 0.05) is 11.5 Å². The highest BCUT2D eigenvalue weighted by atomic mass is 19.1. The zero-order chi connectivity index (χ0) is 15.1. The Kier molecular flexibility index (Phi) is 4.84. The fraction of sp³-hybridized carbons (Fsp3) is 0.0588. The third kappa shape index (κ3) is 4.92. The van der Waals surface area contributed by atoms with Gasteiger partial charge in [-0.2, -0.15) is 0 Å². The lowest BCUT2D eigenvalue weighted by Crippen LogP contribution is -2.30. The van der Waals surface area contributed by atoms with Crippen molar-refractivity contribution in [2.75, 3.05) is 0 Å². The van der Waals surface area contributed by atoms with Crippen LogP contribution in [0.25, 0.3) is 0 Å². The van der Waals surface area contributed by atoms with Crippen molar-refractivity contribution in [2.45, 2.75) is 6.42 Å². The molecule has 0 aliphatic carbocycles. The zero-order valence-electron chi connectivity index (χ0n) is 11.1. The van der Waals surface area contributed by atoms with Crippen molar-refractivity contribution in [3.63, 3.8) is 0 Å². The molecule has 0 heterocycles. The molecule has 0 saturated carbocycles. The van der Waals surface area contributed by atoms with E-state index in [0.717, 1.165) is 0 Å². The fourth-order valence-electron chi connectivity index (χ4n) is 1.64. The van der Waals surface area contributed by atoms with Gasteiger partial charge in [0.25, 0.3) is 0 Å². The van der Waals surface area contributed by atoms with Crippen molar-refractivity contribution in [1.82, 2.24) is 5.32 Å². The molecule has 0 atom stereocenters. The normalized spacial score (nSPS) is 9.38. The Bertz CT molecular complexity index is 697. The number of rotatable bonds is 2. The molecule has 0 bridgehead atoms. The molecule has 2 amide bonds. The Balaban J connectivity index is 1.89. The molecule has 0 aliphatic heterocycles. The summed E-state index contributed by atoms with van der Waals surface area (Å²) in [4.78, 5) is 23.1. The third-order valence-electron chi connectivity index (χ3n) is 2.63. The number of carbonyl (C=O) groups excluding carboxylic acids is 2. The van der Waals surface area contributed by atoms with Gasteiger partial charge >= 0.3 is 5.91 Å². The van der Waals surface area contributed by atoms with Gasteiger partial charge in [0.05, 0.1) is 6.42 Å². The summed E-state index contributed by atoms with van der Waals surface area (Å²) in [6, 6.07) is 14.5. The molecule has 3 nitrogen and oxygen atoms in total. The quantitative estimate of drug-likeness (QED) is 0.856. The van der Waals surface area contributed by atoms with Crippen molar-refractivity contribution in [1.29, 1.82) is 0 Å². The number of carbonyl (C=O) groups is 2. The first-order valence-corrected chi connectivity index (χ1v) is 6.29. The van der Waals surface area contributed by atoms with Gasteiger partial charge in [-0.15, -0.1) is 0 Å². The first-order chi connectivity index (χ1) is 10.1. The van der Waals surface area contributed by atoms with Crippen LogP contribution in [-0.2, 0) is 16.0 Å². The van der Waals surface area contributed by atoms with E-state index in [-0.39, 0.29) is 12.2 Å². The molecule has 1 N–H and O–H groups in total. The molecule has 0 aliphatic rings. The van der Waals surface area contributed by atoms with Gasteiger partial charge < -0.3 is 0 Å². The first kappa shape index (κ1) is 14.5. The molecule has 2 aromatic rings. The van der Waals surface area contributed by atoms with E-state index in [0.29, 0.717) is 11.1 Å². The third-order valence-corrected chi connectivity index (χ3v) is 2.63. The van der Waals surface area contributed by atoms with Crippen LogP contribution in [0.1, 0.15) is 11.1 Å². The van der Waals surface area contributed by atoms with Gasteiger partial charge in [-0.1, -0.05) is 36.3 Å². The second kappa shape index (κ2) is 7.01. The molecule has 0 fully saturated rings. The van der Waals surface area contributed by atoms with Crippen LogP contribution in [0.3, 0.4) is 0 Å². The lowest BCUT2D eigenvalue weighted by Gasteiger charge is -2.00. The molecule has 21 heavy (non-hydrogen) atoms. The number of halogens is 1. The van der Waals surface area contributed by atoms with E-state index >= 15 is 0 Å². The van der Waals surface area contributed by atoms with Crippen molar-refractivity contribution < 1.29 is 14.0 Å². The van der Waals surface area contributed by atoms with E-state index in [1.54, 1.807) is 12.1 Å². The standard InChI is InChI=1S/C17H12FNO2/c18-15-9-6-14(7-10-15)12-17(21)19-16(20)11-8-13-4-2-1-3-5-13/h1-7,9-10H,12H2,(H,19,20,21). The highest BCUT2D eigenvalue weighted by Gasteiger charge is 2.06. The molecular formula is C17H12FNO2. The molecule has 0 aromatic heterocycles. The van der Waals surface area contributed by atoms with Gasteiger partial charge in [-0.3, -0.25) is 14.9 Å². The predicted octanol–water partition coefficient (Wildman–Crippen LogP) is 2.06. The van der Waals surface area contributed by atoms with E-state index in [1.807, 2.05) is 18.2 Å². The van der Waals surface area contributed by atoms with Gasteiger partial charge in [0.2, 0.25) is 5.91 Å². The SMILES string of the molecule is O=C(C#Cc1ccccc1)NC(=O)Cc1ccc(F)cc1. The number of amides is 2. The molecule has 2 rings (SSSR count). The van der Waals surface area contributed by atoms with Crippen LogP contribution in [0.5, 0.6) is 0 Å². The molecular weight excluding hydrogens is 269 g/mol. The second-order valence-corrected chi connectivity index (χ2v) is 4.30. The van der Waals surface area contributed by atoms with Crippen molar-refractivity contribution in [2.24, 2.45) is 0 Å². The van der Waals surface area contributed by atoms with E-state index < -0.39 is 11.8 Å². The Morgan fingerprint density at radius 3 is 2.33 bits per heavy atom. The topological polar surface area (TPSA) is 46.2 Å². The monoisotopic (exact) mass is 281 g/mol. The molecule has 0 saturated heterocycles. The zero-order valence-corrected chi connectivity index (χ0v) is 11.1. The maximum absolute atomic E-state index is 12.7. The van der Waals surface area contributed by atoms with E-state index in [2.05, 4.69) is 17.2 Å². The molecule has 104 valence electrons. The summed E-state index contributed by atoms with van der Waals surface area (Å²) < 4.78 is 12.7. The van der Waals surface area contributed by atoms with Crippen LogP contribution in [0.2, 0.25) is 0 Å². The van der Waals surface area contributed by atoms with E-state index in [4.69, 9.17) is 0 Å². The molecule has 2 aromatic carbocycles. The highest BCUT2D eigenvalue weighted by molar-refractivity contribution is 6.05. The fourth-order valence-corrected chi connectivity index (χ4v) is 1.64. The summed E-state index contributed by atoms with van der Waals surface area (Å²) in [6.45, 7) is 0. The minimum Gasteiger partial charge on any atom is -0.285 e. The minimum absolute atomic E-state index is 0.000955. The predicted molar refractivity (Wildman–Crippen MR) is 76.6 cm³/mol. The summed E-state index contributed by atoms with van der Waals surface area (Å²) in [6.07, 6.45) is -0.000955. The van der Waals surface area contributed by atoms with Crippen LogP contribution in [0.15, 0.2) is 54.6 Å². The number of nitrogens with one attached hydrogen (secondary N) is 1. The summed E-state index contributed by atoms with van der Waals surface area (Å²) in [5.74, 6) is 3.49. The largest absolute Gasteiger partial charge is 0.302 e. The highest BCUT2D eigenvalue weighted by Crippen LogP contribution is 2.03. The van der Waals surface area contributed by atoms with Gasteiger partial charge in [-0.25, -0.2) is 4.39 Å². The van der Waals surface area contributed by atoms with Crippen LogP contribution < -0.4 is 5.32 Å². The smallest absolute Gasteiger partial charge is 0.285 e. The van der Waals surface area contributed by atoms with Crippen LogP contribution in [-0.4, -0.2) is 11.8 Å². The number of benzene rings is 2. The summed E-state index contributed by atoms with van der Waals surface area (Å²) in [5.41, 5.74) is 1.32. The minimum atomic E-state index is -0.661. The van der Waals surface area contributed by atoms with Crippen LogP contribution in [0, 0.1) is 17.7 Å². The Hall–Kier alpha value is -2.93. The van der Waals surface area contributed by atoms with Crippen LogP contribution >= 0.6 is 0 Å². The van der Waals surface area contributed by atoms with Crippen LogP contribution in [0.4, 0.5) is 4.39 Å². The second-order valence-electron chi connectivity index (χ2n) is 4.30. The molecule has 0 spiro atoms. The summed E-state index contributed by atoms with van der Waals surface area (Å²) >= 11 is 0. The van der Waals surface area contributed by atoms with Crippen molar-refractivity contribution >= 4 is 11.8 Å². The van der Waals surface area contributed by atoms with Gasteiger partial charge in [-0.05, 0) is 29.8 Å². The number of imide groups is 1.